The van der Waals surface area contributed by atoms with Crippen molar-refractivity contribution in [3.63, 3.8) is 0 Å². The number of hydrogen-bond donors (Lipinski definition) is 0. The van der Waals surface area contributed by atoms with Gasteiger partial charge in [-0.25, -0.2) is 0 Å². The SMILES string of the molecule is CCCc1cccc(N2CCC(=O)CC2)c1. The summed E-state index contributed by atoms with van der Waals surface area (Å²) in [5.74, 6) is 0.404. The molecule has 2 heteroatoms. The summed E-state index contributed by atoms with van der Waals surface area (Å²) >= 11 is 0. The molecule has 1 saturated heterocycles. The highest BCUT2D eigenvalue weighted by Gasteiger charge is 2.16. The van der Waals surface area contributed by atoms with Gasteiger partial charge in [0.2, 0.25) is 0 Å². The summed E-state index contributed by atoms with van der Waals surface area (Å²) in [6.07, 6.45) is 3.73. The van der Waals surface area contributed by atoms with Crippen molar-refractivity contribution < 1.29 is 4.79 Å². The Labute approximate surface area is 97.3 Å². The van der Waals surface area contributed by atoms with Gasteiger partial charge in [-0.2, -0.15) is 0 Å². The number of carbonyl (C=O) groups excluding carboxylic acids is 1. The smallest absolute Gasteiger partial charge is 0.136 e. The first-order chi connectivity index (χ1) is 7.79. The Hall–Kier alpha value is -1.31. The molecule has 0 spiro atoms. The summed E-state index contributed by atoms with van der Waals surface area (Å²) < 4.78 is 0. The molecule has 0 unspecified atom stereocenters. The summed E-state index contributed by atoms with van der Waals surface area (Å²) in [6, 6.07) is 8.72. The van der Waals surface area contributed by atoms with Gasteiger partial charge >= 0.3 is 0 Å². The van der Waals surface area contributed by atoms with Crippen LogP contribution in [-0.2, 0) is 11.2 Å². The van der Waals surface area contributed by atoms with E-state index in [1.165, 1.54) is 17.7 Å². The molecule has 0 saturated carbocycles. The first-order valence-corrected chi connectivity index (χ1v) is 6.15. The molecule has 1 aromatic rings. The van der Waals surface area contributed by atoms with Crippen LogP contribution in [0.25, 0.3) is 0 Å². The van der Waals surface area contributed by atoms with Gasteiger partial charge in [-0.15, -0.1) is 0 Å². The molecule has 2 nitrogen and oxygen atoms in total. The van der Waals surface area contributed by atoms with Gasteiger partial charge in [-0.1, -0.05) is 25.5 Å². The Morgan fingerprint density at radius 2 is 2.00 bits per heavy atom. The lowest BCUT2D eigenvalue weighted by Gasteiger charge is -2.28. The van der Waals surface area contributed by atoms with E-state index in [1.807, 2.05) is 0 Å². The summed E-state index contributed by atoms with van der Waals surface area (Å²) in [4.78, 5) is 13.5. The zero-order valence-electron chi connectivity index (χ0n) is 9.91. The summed E-state index contributed by atoms with van der Waals surface area (Å²) in [7, 11) is 0. The maximum absolute atomic E-state index is 11.2. The van der Waals surface area contributed by atoms with Crippen molar-refractivity contribution in [2.45, 2.75) is 32.6 Å². The minimum absolute atomic E-state index is 0.404. The van der Waals surface area contributed by atoms with E-state index in [4.69, 9.17) is 0 Å². The van der Waals surface area contributed by atoms with Crippen molar-refractivity contribution in [1.82, 2.24) is 0 Å². The molecule has 0 aromatic heterocycles. The van der Waals surface area contributed by atoms with Gasteiger partial charge < -0.3 is 4.90 Å². The molecule has 0 atom stereocenters. The molecule has 1 aliphatic rings. The zero-order valence-corrected chi connectivity index (χ0v) is 9.91. The molecular weight excluding hydrogens is 198 g/mol. The molecule has 1 aliphatic heterocycles. The molecule has 0 bridgehead atoms. The fourth-order valence-corrected chi connectivity index (χ4v) is 2.21. The van der Waals surface area contributed by atoms with Crippen LogP contribution in [-0.4, -0.2) is 18.9 Å². The molecule has 86 valence electrons. The third-order valence-corrected chi connectivity index (χ3v) is 3.14. The van der Waals surface area contributed by atoms with Crippen molar-refractivity contribution in [2.24, 2.45) is 0 Å². The van der Waals surface area contributed by atoms with E-state index in [1.54, 1.807) is 0 Å². The van der Waals surface area contributed by atoms with Gasteiger partial charge in [0.15, 0.2) is 0 Å². The predicted octanol–water partition coefficient (Wildman–Crippen LogP) is 2.81. The van der Waals surface area contributed by atoms with Crippen molar-refractivity contribution in [1.29, 1.82) is 0 Å². The number of Topliss-reactive ketones (excluding diaryl/α,β-unsaturated/α-hetero) is 1. The summed E-state index contributed by atoms with van der Waals surface area (Å²) in [5.41, 5.74) is 2.68. The average molecular weight is 217 g/mol. The number of benzene rings is 1. The Bertz CT molecular complexity index is 363. The molecular formula is C14H19NO. The van der Waals surface area contributed by atoms with E-state index in [-0.39, 0.29) is 0 Å². The molecule has 16 heavy (non-hydrogen) atoms. The number of carbonyl (C=O) groups is 1. The van der Waals surface area contributed by atoms with Crippen LogP contribution in [0.4, 0.5) is 5.69 Å². The van der Waals surface area contributed by atoms with Gasteiger partial charge in [0.25, 0.3) is 0 Å². The number of rotatable bonds is 3. The number of nitrogens with zero attached hydrogens (tertiary/aromatic N) is 1. The van der Waals surface area contributed by atoms with Crippen LogP contribution in [0.15, 0.2) is 24.3 Å². The molecule has 2 rings (SSSR count). The van der Waals surface area contributed by atoms with Crippen molar-refractivity contribution in [2.75, 3.05) is 18.0 Å². The van der Waals surface area contributed by atoms with Crippen LogP contribution >= 0.6 is 0 Å². The van der Waals surface area contributed by atoms with E-state index >= 15 is 0 Å². The van der Waals surface area contributed by atoms with Crippen LogP contribution < -0.4 is 4.90 Å². The normalized spacial score (nSPS) is 16.6. The number of ketones is 1. The molecule has 1 aromatic carbocycles. The van der Waals surface area contributed by atoms with Gasteiger partial charge in [0, 0.05) is 31.6 Å². The summed E-state index contributed by atoms with van der Waals surface area (Å²) in [6.45, 7) is 3.97. The highest BCUT2D eigenvalue weighted by atomic mass is 16.1. The topological polar surface area (TPSA) is 20.3 Å². The Kier molecular flexibility index (Phi) is 3.60. The third kappa shape index (κ3) is 2.63. The minimum atomic E-state index is 0.404. The van der Waals surface area contributed by atoms with Crippen molar-refractivity contribution >= 4 is 11.5 Å². The van der Waals surface area contributed by atoms with Crippen molar-refractivity contribution in [3.8, 4) is 0 Å². The van der Waals surface area contributed by atoms with Crippen LogP contribution in [0.2, 0.25) is 0 Å². The molecule has 0 radical (unpaired) electrons. The Morgan fingerprint density at radius 3 is 2.69 bits per heavy atom. The highest BCUT2D eigenvalue weighted by Crippen LogP contribution is 2.20. The predicted molar refractivity (Wildman–Crippen MR) is 66.9 cm³/mol. The Morgan fingerprint density at radius 1 is 1.25 bits per heavy atom. The fourth-order valence-electron chi connectivity index (χ4n) is 2.21. The van der Waals surface area contributed by atoms with Crippen LogP contribution in [0, 0.1) is 0 Å². The lowest BCUT2D eigenvalue weighted by molar-refractivity contribution is -0.119. The van der Waals surface area contributed by atoms with Crippen molar-refractivity contribution in [3.05, 3.63) is 29.8 Å². The fraction of sp³-hybridized carbons (Fsp3) is 0.500. The second kappa shape index (κ2) is 5.15. The van der Waals surface area contributed by atoms with Crippen LogP contribution in [0.1, 0.15) is 31.7 Å². The molecule has 0 amide bonds. The van der Waals surface area contributed by atoms with E-state index in [0.29, 0.717) is 18.6 Å². The minimum Gasteiger partial charge on any atom is -0.371 e. The Balaban J connectivity index is 2.08. The standard InChI is InChI=1S/C14H19NO/c1-2-4-12-5-3-6-13(11-12)15-9-7-14(16)8-10-15/h3,5-6,11H,2,4,7-10H2,1H3. The van der Waals surface area contributed by atoms with E-state index < -0.39 is 0 Å². The summed E-state index contributed by atoms with van der Waals surface area (Å²) in [5, 5.41) is 0. The number of hydrogen-bond acceptors (Lipinski definition) is 2. The van der Waals surface area contributed by atoms with Gasteiger partial charge in [-0.3, -0.25) is 4.79 Å². The first kappa shape index (κ1) is 11.2. The monoisotopic (exact) mass is 217 g/mol. The molecule has 0 N–H and O–H groups in total. The number of piperidine rings is 1. The first-order valence-electron chi connectivity index (χ1n) is 6.15. The van der Waals surface area contributed by atoms with Crippen LogP contribution in [0.5, 0.6) is 0 Å². The van der Waals surface area contributed by atoms with E-state index in [0.717, 1.165) is 19.5 Å². The maximum atomic E-state index is 11.2. The van der Waals surface area contributed by atoms with Gasteiger partial charge in [0.1, 0.15) is 5.78 Å². The second-order valence-electron chi connectivity index (χ2n) is 4.45. The van der Waals surface area contributed by atoms with Gasteiger partial charge in [-0.05, 0) is 24.1 Å². The van der Waals surface area contributed by atoms with E-state index in [2.05, 4.69) is 36.1 Å². The number of aryl methyl sites for hydroxylation is 1. The average Bonchev–Trinajstić information content (AvgIpc) is 2.31. The quantitative estimate of drug-likeness (QED) is 0.776. The zero-order chi connectivity index (χ0) is 11.4. The maximum Gasteiger partial charge on any atom is 0.136 e. The molecule has 1 heterocycles. The lowest BCUT2D eigenvalue weighted by Crippen LogP contribution is -2.33. The molecule has 1 fully saturated rings. The number of anilines is 1. The third-order valence-electron chi connectivity index (χ3n) is 3.14. The van der Waals surface area contributed by atoms with Gasteiger partial charge in [0.05, 0.1) is 0 Å². The lowest BCUT2D eigenvalue weighted by atomic mass is 10.1. The second-order valence-corrected chi connectivity index (χ2v) is 4.45. The van der Waals surface area contributed by atoms with E-state index in [9.17, 15) is 4.79 Å². The largest absolute Gasteiger partial charge is 0.371 e. The molecule has 0 aliphatic carbocycles. The van der Waals surface area contributed by atoms with Crippen LogP contribution in [0.3, 0.4) is 0 Å². The highest BCUT2D eigenvalue weighted by molar-refractivity contribution is 5.81.